The number of anilines is 1. The summed E-state index contributed by atoms with van der Waals surface area (Å²) in [6.45, 7) is 0.0982. The summed E-state index contributed by atoms with van der Waals surface area (Å²) in [6.07, 6.45) is 0.200. The molecule has 1 fully saturated rings. The third-order valence-corrected chi connectivity index (χ3v) is 6.20. The minimum absolute atomic E-state index is 0.0662. The van der Waals surface area contributed by atoms with Crippen molar-refractivity contribution in [3.63, 3.8) is 0 Å². The number of aliphatic hydroxyl groups excluding tert-OH is 1. The standard InChI is InChI=1S/C28H30FN3O4/c29-23-8-4-5-9-24(23)31-28(35)32-25-15-14-22(36-26(25)18-33)16-27(34)30-17-19-10-12-21(13-11-19)20-6-2-1-3-7-20/h1-13,22,25-26,33H,14-18H2,(H,30,34)(H2,31,32,35)/t22-,25-,26-/m0/s1. The zero-order valence-corrected chi connectivity index (χ0v) is 19.8. The molecule has 0 unspecified atom stereocenters. The Morgan fingerprint density at radius 3 is 2.33 bits per heavy atom. The molecule has 1 aliphatic rings. The Kier molecular flexibility index (Phi) is 8.65. The van der Waals surface area contributed by atoms with E-state index in [1.165, 1.54) is 18.2 Å². The van der Waals surface area contributed by atoms with Crippen LogP contribution in [0.3, 0.4) is 0 Å². The van der Waals surface area contributed by atoms with E-state index in [4.69, 9.17) is 4.74 Å². The lowest BCUT2D eigenvalue weighted by Gasteiger charge is -2.35. The molecule has 0 aliphatic carbocycles. The van der Waals surface area contributed by atoms with Gasteiger partial charge in [0.2, 0.25) is 5.91 Å². The van der Waals surface area contributed by atoms with Gasteiger partial charge in [0.25, 0.3) is 0 Å². The number of nitrogens with one attached hydrogen (secondary N) is 3. The fourth-order valence-corrected chi connectivity index (χ4v) is 4.26. The van der Waals surface area contributed by atoms with Gasteiger partial charge in [-0.2, -0.15) is 0 Å². The minimum atomic E-state index is -0.659. The number of aliphatic hydroxyl groups is 1. The summed E-state index contributed by atoms with van der Waals surface area (Å²) in [6, 6.07) is 23.0. The maximum Gasteiger partial charge on any atom is 0.319 e. The number of hydrogen-bond donors (Lipinski definition) is 4. The number of carbonyl (C=O) groups is 2. The van der Waals surface area contributed by atoms with Crippen molar-refractivity contribution in [1.29, 1.82) is 0 Å². The third kappa shape index (κ3) is 6.90. The van der Waals surface area contributed by atoms with Crippen LogP contribution in [0.5, 0.6) is 0 Å². The van der Waals surface area contributed by atoms with Crippen LogP contribution in [0.15, 0.2) is 78.9 Å². The van der Waals surface area contributed by atoms with Crippen molar-refractivity contribution in [3.05, 3.63) is 90.2 Å². The molecule has 3 amide bonds. The first-order chi connectivity index (χ1) is 17.5. The molecule has 36 heavy (non-hydrogen) atoms. The van der Waals surface area contributed by atoms with Crippen molar-refractivity contribution in [2.75, 3.05) is 11.9 Å². The fourth-order valence-electron chi connectivity index (χ4n) is 4.26. The molecule has 3 aromatic rings. The number of ether oxygens (including phenoxy) is 1. The molecule has 188 valence electrons. The van der Waals surface area contributed by atoms with E-state index in [2.05, 4.69) is 28.1 Å². The van der Waals surface area contributed by atoms with E-state index in [0.29, 0.717) is 19.4 Å². The third-order valence-electron chi connectivity index (χ3n) is 6.20. The second kappa shape index (κ2) is 12.3. The van der Waals surface area contributed by atoms with Gasteiger partial charge < -0.3 is 25.8 Å². The Morgan fingerprint density at radius 1 is 0.917 bits per heavy atom. The van der Waals surface area contributed by atoms with Crippen molar-refractivity contribution >= 4 is 17.6 Å². The van der Waals surface area contributed by atoms with Crippen molar-refractivity contribution in [2.45, 2.75) is 44.1 Å². The van der Waals surface area contributed by atoms with Gasteiger partial charge in [-0.25, -0.2) is 9.18 Å². The monoisotopic (exact) mass is 491 g/mol. The van der Waals surface area contributed by atoms with Gasteiger partial charge in [-0.15, -0.1) is 0 Å². The first-order valence-corrected chi connectivity index (χ1v) is 12.0. The van der Waals surface area contributed by atoms with E-state index in [-0.39, 0.29) is 30.7 Å². The lowest BCUT2D eigenvalue weighted by Crippen LogP contribution is -2.52. The predicted molar refractivity (Wildman–Crippen MR) is 136 cm³/mol. The van der Waals surface area contributed by atoms with E-state index in [9.17, 15) is 19.1 Å². The Labute approximate surface area is 209 Å². The highest BCUT2D eigenvalue weighted by Gasteiger charge is 2.33. The second-order valence-corrected chi connectivity index (χ2v) is 8.79. The molecule has 0 bridgehead atoms. The molecule has 0 saturated carbocycles. The van der Waals surface area contributed by atoms with Crippen LogP contribution in [0.2, 0.25) is 0 Å². The summed E-state index contributed by atoms with van der Waals surface area (Å²) in [4.78, 5) is 24.8. The van der Waals surface area contributed by atoms with Crippen LogP contribution in [-0.4, -0.2) is 41.9 Å². The minimum Gasteiger partial charge on any atom is -0.394 e. The summed E-state index contributed by atoms with van der Waals surface area (Å²) in [5.41, 5.74) is 3.31. The summed E-state index contributed by atoms with van der Waals surface area (Å²) in [5.74, 6) is -0.683. The van der Waals surface area contributed by atoms with E-state index in [1.54, 1.807) is 6.07 Å². The van der Waals surface area contributed by atoms with Gasteiger partial charge in [-0.05, 0) is 41.7 Å². The van der Waals surface area contributed by atoms with Gasteiger partial charge in [0.1, 0.15) is 11.9 Å². The van der Waals surface area contributed by atoms with Gasteiger partial charge in [-0.3, -0.25) is 4.79 Å². The van der Waals surface area contributed by atoms with E-state index >= 15 is 0 Å². The fraction of sp³-hybridized carbons (Fsp3) is 0.286. The van der Waals surface area contributed by atoms with E-state index in [0.717, 1.165) is 16.7 Å². The number of hydrogen-bond acceptors (Lipinski definition) is 4. The molecule has 1 aliphatic heterocycles. The smallest absolute Gasteiger partial charge is 0.319 e. The highest BCUT2D eigenvalue weighted by atomic mass is 19.1. The van der Waals surface area contributed by atoms with Crippen molar-refractivity contribution in [3.8, 4) is 11.1 Å². The lowest BCUT2D eigenvalue weighted by atomic mass is 9.97. The van der Waals surface area contributed by atoms with Crippen LogP contribution < -0.4 is 16.0 Å². The van der Waals surface area contributed by atoms with Gasteiger partial charge in [-0.1, -0.05) is 66.7 Å². The largest absolute Gasteiger partial charge is 0.394 e. The number of para-hydroxylation sites is 1. The molecule has 8 heteroatoms. The highest BCUT2D eigenvalue weighted by molar-refractivity contribution is 5.89. The zero-order chi connectivity index (χ0) is 25.3. The van der Waals surface area contributed by atoms with Gasteiger partial charge in [0.15, 0.2) is 0 Å². The first kappa shape index (κ1) is 25.3. The molecule has 1 heterocycles. The van der Waals surface area contributed by atoms with Crippen LogP contribution in [-0.2, 0) is 16.1 Å². The molecule has 1 saturated heterocycles. The molecular formula is C28H30FN3O4. The molecule has 7 nitrogen and oxygen atoms in total. The number of urea groups is 1. The number of halogens is 1. The number of benzene rings is 3. The van der Waals surface area contributed by atoms with Gasteiger partial charge >= 0.3 is 6.03 Å². The van der Waals surface area contributed by atoms with Crippen molar-refractivity contribution in [1.82, 2.24) is 10.6 Å². The molecule has 4 rings (SSSR count). The van der Waals surface area contributed by atoms with Crippen LogP contribution in [0.4, 0.5) is 14.9 Å². The van der Waals surface area contributed by atoms with Gasteiger partial charge in [0.05, 0.1) is 30.9 Å². The molecule has 0 spiro atoms. The topological polar surface area (TPSA) is 99.7 Å². The predicted octanol–water partition coefficient (Wildman–Crippen LogP) is 4.23. The second-order valence-electron chi connectivity index (χ2n) is 8.79. The van der Waals surface area contributed by atoms with Crippen LogP contribution in [0, 0.1) is 5.82 Å². The SMILES string of the molecule is O=C(C[C@@H]1CC[C@H](NC(=O)Nc2ccccc2F)[C@H](CO)O1)NCc1ccc(-c2ccccc2)cc1. The van der Waals surface area contributed by atoms with E-state index < -0.39 is 24.0 Å². The van der Waals surface area contributed by atoms with Crippen molar-refractivity contribution < 1.29 is 23.8 Å². The molecule has 4 N–H and O–H groups in total. The quantitative estimate of drug-likeness (QED) is 0.379. The van der Waals surface area contributed by atoms with Crippen molar-refractivity contribution in [2.24, 2.45) is 0 Å². The summed E-state index contributed by atoms with van der Waals surface area (Å²) in [5, 5.41) is 17.9. The van der Waals surface area contributed by atoms with Crippen LogP contribution in [0.1, 0.15) is 24.8 Å². The maximum atomic E-state index is 13.8. The first-order valence-electron chi connectivity index (χ1n) is 12.0. The highest BCUT2D eigenvalue weighted by Crippen LogP contribution is 2.23. The van der Waals surface area contributed by atoms with Crippen LogP contribution in [0.25, 0.3) is 11.1 Å². The average molecular weight is 492 g/mol. The summed E-state index contributed by atoms with van der Waals surface area (Å²) < 4.78 is 19.6. The average Bonchev–Trinajstić information content (AvgIpc) is 2.90. The molecule has 3 aromatic carbocycles. The molecular weight excluding hydrogens is 461 g/mol. The van der Waals surface area contributed by atoms with Crippen LogP contribution >= 0.6 is 0 Å². The Hall–Kier alpha value is -3.75. The maximum absolute atomic E-state index is 13.8. The molecule has 0 radical (unpaired) electrons. The Morgan fingerprint density at radius 2 is 1.61 bits per heavy atom. The molecule has 3 atom stereocenters. The summed E-state index contributed by atoms with van der Waals surface area (Å²) in [7, 11) is 0. The normalized spacial score (nSPS) is 19.3. The molecule has 0 aromatic heterocycles. The Balaban J connectivity index is 1.22. The zero-order valence-electron chi connectivity index (χ0n) is 19.8. The van der Waals surface area contributed by atoms with Gasteiger partial charge in [0, 0.05) is 6.54 Å². The van der Waals surface area contributed by atoms with E-state index in [1.807, 2.05) is 42.5 Å². The number of amides is 3. The number of rotatable bonds is 8. The lowest BCUT2D eigenvalue weighted by molar-refractivity contribution is -0.130. The Bertz CT molecular complexity index is 1160. The number of carbonyl (C=O) groups excluding carboxylic acids is 2. The summed E-state index contributed by atoms with van der Waals surface area (Å²) >= 11 is 0.